The number of ether oxygens (including phenoxy) is 2. The second-order valence-corrected chi connectivity index (χ2v) is 7.29. The number of imidazole rings is 1. The summed E-state index contributed by atoms with van der Waals surface area (Å²) < 4.78 is 26.0. The van der Waals surface area contributed by atoms with Crippen LogP contribution in [-0.4, -0.2) is 44.1 Å². The van der Waals surface area contributed by atoms with Crippen LogP contribution in [0.25, 0.3) is 22.4 Å². The molecule has 0 fully saturated rings. The van der Waals surface area contributed by atoms with E-state index < -0.39 is 5.82 Å². The monoisotopic (exact) mass is 457 g/mol. The molecule has 4 aromatic heterocycles. The predicted octanol–water partition coefficient (Wildman–Crippen LogP) is 4.30. The summed E-state index contributed by atoms with van der Waals surface area (Å²) >= 11 is 0. The first kappa shape index (κ1) is 21.3. The smallest absolute Gasteiger partial charge is 0.188 e. The minimum atomic E-state index is -0.548. The van der Waals surface area contributed by atoms with E-state index in [1.165, 1.54) is 20.3 Å². The average molecular weight is 457 g/mol. The van der Waals surface area contributed by atoms with Crippen molar-refractivity contribution in [2.45, 2.75) is 6.54 Å². The van der Waals surface area contributed by atoms with Gasteiger partial charge in [-0.3, -0.25) is 9.97 Å². The molecule has 0 aliphatic heterocycles. The molecule has 10 heteroatoms. The molecule has 1 aromatic carbocycles. The number of rotatable bonds is 7. The van der Waals surface area contributed by atoms with Crippen molar-refractivity contribution in [1.29, 1.82) is 0 Å². The van der Waals surface area contributed by atoms with Gasteiger partial charge in [0, 0.05) is 42.5 Å². The molecule has 0 unspecified atom stereocenters. The highest BCUT2D eigenvalue weighted by Crippen LogP contribution is 2.37. The molecular weight excluding hydrogens is 437 g/mol. The van der Waals surface area contributed by atoms with Crippen LogP contribution in [0.1, 0.15) is 5.82 Å². The highest BCUT2D eigenvalue weighted by molar-refractivity contribution is 5.77. The van der Waals surface area contributed by atoms with Crippen molar-refractivity contribution in [3.63, 3.8) is 0 Å². The van der Waals surface area contributed by atoms with Gasteiger partial charge in [0.25, 0.3) is 0 Å². The molecule has 0 aliphatic carbocycles. The van der Waals surface area contributed by atoms with Crippen LogP contribution in [0.3, 0.4) is 0 Å². The molecule has 5 rings (SSSR count). The number of anilines is 2. The fourth-order valence-corrected chi connectivity index (χ4v) is 3.54. The molecule has 0 amide bonds. The summed E-state index contributed by atoms with van der Waals surface area (Å²) in [5.41, 5.74) is 2.78. The molecule has 0 aliphatic rings. The summed E-state index contributed by atoms with van der Waals surface area (Å²) in [4.78, 5) is 26.9. The van der Waals surface area contributed by atoms with Gasteiger partial charge < -0.3 is 19.4 Å². The van der Waals surface area contributed by atoms with E-state index in [2.05, 4.69) is 24.9 Å². The minimum absolute atomic E-state index is 0.0550. The summed E-state index contributed by atoms with van der Waals surface area (Å²) in [5, 5.41) is 0. The number of pyridine rings is 2. The first-order chi connectivity index (χ1) is 16.7. The zero-order chi connectivity index (χ0) is 23.5. The maximum atomic E-state index is 15.4. The lowest BCUT2D eigenvalue weighted by atomic mass is 10.2. The molecule has 0 saturated heterocycles. The van der Waals surface area contributed by atoms with Crippen LogP contribution in [0.4, 0.5) is 15.9 Å². The molecule has 1 N–H and O–H groups in total. The standard InChI is InChI=1S/C24H20FN7O2/c1-33-16-11-19(23(25)20(12-16)34-2)32(14-21-27-9-10-28-21)22-4-3-17-24(31-22)30-18(13-29-17)15-5-7-26-8-6-15/h3-13H,14H2,1-2H3,(H,27,28). The fraction of sp³-hybridized carbons (Fsp3) is 0.125. The molecule has 0 atom stereocenters. The van der Waals surface area contributed by atoms with Crippen molar-refractivity contribution in [1.82, 2.24) is 29.9 Å². The van der Waals surface area contributed by atoms with Crippen molar-refractivity contribution < 1.29 is 13.9 Å². The Labute approximate surface area is 194 Å². The Balaban J connectivity index is 1.65. The van der Waals surface area contributed by atoms with E-state index in [0.29, 0.717) is 34.2 Å². The normalized spacial score (nSPS) is 10.9. The molecule has 0 spiro atoms. The molecule has 0 radical (unpaired) electrons. The molecule has 0 bridgehead atoms. The van der Waals surface area contributed by atoms with Gasteiger partial charge in [-0.15, -0.1) is 0 Å². The van der Waals surface area contributed by atoms with E-state index in [0.717, 1.165) is 5.56 Å². The van der Waals surface area contributed by atoms with Crippen LogP contribution in [0.5, 0.6) is 11.5 Å². The summed E-state index contributed by atoms with van der Waals surface area (Å²) in [5.74, 6) is 1.03. The first-order valence-electron chi connectivity index (χ1n) is 10.4. The largest absolute Gasteiger partial charge is 0.497 e. The van der Waals surface area contributed by atoms with E-state index >= 15 is 4.39 Å². The van der Waals surface area contributed by atoms with Crippen molar-refractivity contribution in [2.24, 2.45) is 0 Å². The van der Waals surface area contributed by atoms with Crippen molar-refractivity contribution in [3.05, 3.63) is 79.0 Å². The van der Waals surface area contributed by atoms with Gasteiger partial charge in [0.05, 0.1) is 38.3 Å². The molecule has 34 heavy (non-hydrogen) atoms. The average Bonchev–Trinajstić information content (AvgIpc) is 3.41. The third-order valence-electron chi connectivity index (χ3n) is 5.25. The Morgan fingerprint density at radius 1 is 0.971 bits per heavy atom. The highest BCUT2D eigenvalue weighted by atomic mass is 19.1. The topological polar surface area (TPSA) is 102 Å². The van der Waals surface area contributed by atoms with Gasteiger partial charge in [0.1, 0.15) is 22.9 Å². The van der Waals surface area contributed by atoms with Gasteiger partial charge in [-0.2, -0.15) is 0 Å². The van der Waals surface area contributed by atoms with Gasteiger partial charge >= 0.3 is 0 Å². The third kappa shape index (κ3) is 4.08. The number of fused-ring (bicyclic) bond motifs is 1. The number of methoxy groups -OCH3 is 2. The Bertz CT molecular complexity index is 1430. The SMILES string of the molecule is COc1cc(OC)c(F)c(N(Cc2ncc[nH]2)c2ccc3ncc(-c4ccncc4)nc3n2)c1. The number of H-pyrrole nitrogens is 1. The number of nitrogens with zero attached hydrogens (tertiary/aromatic N) is 6. The van der Waals surface area contributed by atoms with Crippen LogP contribution in [0.2, 0.25) is 0 Å². The lowest BCUT2D eigenvalue weighted by molar-refractivity contribution is 0.374. The number of halogens is 1. The number of aromatic nitrogens is 6. The Kier molecular flexibility index (Phi) is 5.69. The second-order valence-electron chi connectivity index (χ2n) is 7.29. The Morgan fingerprint density at radius 2 is 1.82 bits per heavy atom. The lowest BCUT2D eigenvalue weighted by Crippen LogP contribution is -2.20. The second kappa shape index (κ2) is 9.10. The third-order valence-corrected chi connectivity index (χ3v) is 5.25. The maximum Gasteiger partial charge on any atom is 0.188 e. The van der Waals surface area contributed by atoms with E-state index in [4.69, 9.17) is 14.5 Å². The lowest BCUT2D eigenvalue weighted by Gasteiger charge is -2.25. The number of hydrogen-bond acceptors (Lipinski definition) is 8. The zero-order valence-corrected chi connectivity index (χ0v) is 18.4. The summed E-state index contributed by atoms with van der Waals surface area (Å²) in [6, 6.07) is 10.3. The number of nitrogens with one attached hydrogen (secondary N) is 1. The molecule has 9 nitrogen and oxygen atoms in total. The maximum absolute atomic E-state index is 15.4. The molecule has 5 aromatic rings. The van der Waals surface area contributed by atoms with E-state index in [1.54, 1.807) is 54.1 Å². The summed E-state index contributed by atoms with van der Waals surface area (Å²) in [6.45, 7) is 0.218. The van der Waals surface area contributed by atoms with Gasteiger partial charge in [-0.1, -0.05) is 0 Å². The van der Waals surface area contributed by atoms with Crippen LogP contribution in [0, 0.1) is 5.82 Å². The van der Waals surface area contributed by atoms with Crippen LogP contribution < -0.4 is 14.4 Å². The summed E-state index contributed by atoms with van der Waals surface area (Å²) in [6.07, 6.45) is 8.41. The molecular formula is C24H20FN7O2. The zero-order valence-electron chi connectivity index (χ0n) is 18.4. The van der Waals surface area contributed by atoms with Gasteiger partial charge in [0.15, 0.2) is 17.2 Å². The van der Waals surface area contributed by atoms with Gasteiger partial charge in [-0.05, 0) is 24.3 Å². The van der Waals surface area contributed by atoms with E-state index in [-0.39, 0.29) is 18.0 Å². The number of hydrogen-bond donors (Lipinski definition) is 1. The highest BCUT2D eigenvalue weighted by Gasteiger charge is 2.22. The van der Waals surface area contributed by atoms with Crippen molar-refractivity contribution >= 4 is 22.7 Å². The molecule has 170 valence electrons. The van der Waals surface area contributed by atoms with Crippen molar-refractivity contribution in [2.75, 3.05) is 19.1 Å². The van der Waals surface area contributed by atoms with Crippen molar-refractivity contribution in [3.8, 4) is 22.8 Å². The van der Waals surface area contributed by atoms with E-state index in [9.17, 15) is 0 Å². The Morgan fingerprint density at radius 3 is 2.56 bits per heavy atom. The minimum Gasteiger partial charge on any atom is -0.497 e. The quantitative estimate of drug-likeness (QED) is 0.386. The number of benzene rings is 1. The fourth-order valence-electron chi connectivity index (χ4n) is 3.54. The number of aromatic amines is 1. The molecule has 4 heterocycles. The first-order valence-corrected chi connectivity index (χ1v) is 10.4. The van der Waals surface area contributed by atoms with E-state index in [1.807, 2.05) is 12.1 Å². The van der Waals surface area contributed by atoms with Crippen LogP contribution in [0.15, 0.2) is 67.4 Å². The molecule has 0 saturated carbocycles. The van der Waals surface area contributed by atoms with Crippen LogP contribution >= 0.6 is 0 Å². The predicted molar refractivity (Wildman–Crippen MR) is 124 cm³/mol. The van der Waals surface area contributed by atoms with Gasteiger partial charge in [-0.25, -0.2) is 19.3 Å². The Hall–Kier alpha value is -4.60. The van der Waals surface area contributed by atoms with Gasteiger partial charge in [0.2, 0.25) is 0 Å². The summed E-state index contributed by atoms with van der Waals surface area (Å²) in [7, 11) is 2.92. The van der Waals surface area contributed by atoms with Crippen LogP contribution in [-0.2, 0) is 6.54 Å².